The molecule has 1 aliphatic heterocycles. The second kappa shape index (κ2) is 8.31. The number of nitrogens with zero attached hydrogens (tertiary/aromatic N) is 4. The van der Waals surface area contributed by atoms with E-state index in [0.29, 0.717) is 11.2 Å². The molecular weight excluding hydrogens is 473 g/mol. The summed E-state index contributed by atoms with van der Waals surface area (Å²) in [7, 11) is -16.4. The van der Waals surface area contributed by atoms with E-state index < -0.39 is 48.4 Å². The minimum absolute atomic E-state index is 0.158. The molecule has 0 amide bonds. The van der Waals surface area contributed by atoms with Crippen molar-refractivity contribution in [2.75, 3.05) is 12.3 Å². The molecule has 2 aromatic rings. The van der Waals surface area contributed by atoms with E-state index in [-0.39, 0.29) is 12.2 Å². The minimum atomic E-state index is -5.61. The summed E-state index contributed by atoms with van der Waals surface area (Å²) in [5, 5.41) is 0. The van der Waals surface area contributed by atoms with E-state index in [4.69, 9.17) is 30.9 Å². The topological polar surface area (TPSA) is 265 Å². The van der Waals surface area contributed by atoms with Gasteiger partial charge in [-0.05, 0) is 0 Å². The summed E-state index contributed by atoms with van der Waals surface area (Å²) in [5.41, 5.74) is 12.4. The van der Waals surface area contributed by atoms with Crippen LogP contribution >= 0.6 is 23.5 Å². The Hall–Kier alpha value is -1.32. The van der Waals surface area contributed by atoms with Crippen molar-refractivity contribution in [3.63, 3.8) is 0 Å². The highest BCUT2D eigenvalue weighted by atomic mass is 31.3. The predicted octanol–water partition coefficient (Wildman–Crippen LogP) is -0.633. The second-order valence-corrected chi connectivity index (χ2v) is 10.4. The van der Waals surface area contributed by atoms with E-state index in [1.807, 2.05) is 0 Å². The van der Waals surface area contributed by atoms with Gasteiger partial charge < -0.3 is 35.8 Å². The van der Waals surface area contributed by atoms with Gasteiger partial charge in [0.25, 0.3) is 0 Å². The van der Waals surface area contributed by atoms with Crippen LogP contribution in [0.4, 0.5) is 5.82 Å². The zero-order chi connectivity index (χ0) is 22.3. The lowest BCUT2D eigenvalue weighted by molar-refractivity contribution is -0.0230. The number of nitrogen functional groups attached to an aromatic ring is 1. The van der Waals surface area contributed by atoms with Crippen molar-refractivity contribution in [3.05, 3.63) is 12.7 Å². The first kappa shape index (κ1) is 23.3. The summed E-state index contributed by atoms with van der Waals surface area (Å²) in [6.07, 6.45) is 1.21. The van der Waals surface area contributed by atoms with Gasteiger partial charge in [0, 0.05) is 12.5 Å². The average Bonchev–Trinajstić information content (AvgIpc) is 3.14. The van der Waals surface area contributed by atoms with Crippen molar-refractivity contribution >= 4 is 40.4 Å². The Kier molecular flexibility index (Phi) is 6.47. The molecule has 0 bridgehead atoms. The molecule has 1 aliphatic rings. The molecule has 3 heterocycles. The van der Waals surface area contributed by atoms with Gasteiger partial charge in [0.05, 0.1) is 19.0 Å². The van der Waals surface area contributed by atoms with Crippen LogP contribution in [0.1, 0.15) is 12.6 Å². The Morgan fingerprint density at radius 2 is 1.83 bits per heavy atom. The first-order chi connectivity index (χ1) is 13.8. The molecule has 5 atom stereocenters. The maximum atomic E-state index is 11.8. The van der Waals surface area contributed by atoms with Crippen LogP contribution in [0.3, 0.4) is 0 Å². The van der Waals surface area contributed by atoms with Crippen molar-refractivity contribution in [3.8, 4) is 0 Å². The number of aromatic nitrogens is 4. The highest BCUT2D eigenvalue weighted by molar-refractivity contribution is 7.66. The van der Waals surface area contributed by atoms with Gasteiger partial charge in [-0.25, -0.2) is 28.6 Å². The molecule has 0 radical (unpaired) electrons. The van der Waals surface area contributed by atoms with Crippen LogP contribution in [0.5, 0.6) is 0 Å². The standard InChI is InChI=1S/C10H17N6O11P3/c11-5-1-7(16-4-15-8-9(12)13-3-14-10(8)16)25-6(5)2-24-29(20,21)27-30(22,23)26-28(17,18)19/h3-7H,1-2,11H2,(H,20,21)(H,22,23)(H2,12,13,14)(H2,17,18,19)/t5-,6+,7+/m0/s1. The number of ether oxygens (including phenoxy) is 1. The molecule has 3 rings (SSSR count). The lowest BCUT2D eigenvalue weighted by Crippen LogP contribution is -2.33. The van der Waals surface area contributed by atoms with Crippen molar-refractivity contribution in [2.45, 2.75) is 24.8 Å². The predicted molar refractivity (Wildman–Crippen MR) is 96.1 cm³/mol. The Morgan fingerprint density at radius 3 is 2.50 bits per heavy atom. The molecule has 1 saturated heterocycles. The van der Waals surface area contributed by atoms with E-state index in [0.717, 1.165) is 0 Å². The second-order valence-electron chi connectivity index (χ2n) is 6.00. The summed E-state index contributed by atoms with van der Waals surface area (Å²) >= 11 is 0. The van der Waals surface area contributed by atoms with Gasteiger partial charge in [0.2, 0.25) is 0 Å². The number of phosphoric ester groups is 1. The number of fused-ring (bicyclic) bond motifs is 1. The summed E-state index contributed by atoms with van der Waals surface area (Å²) in [6, 6.07) is -0.695. The van der Waals surface area contributed by atoms with Crippen molar-refractivity contribution in [1.29, 1.82) is 0 Å². The molecule has 0 aromatic carbocycles. The number of hydrogen-bond donors (Lipinski definition) is 6. The largest absolute Gasteiger partial charge is 0.490 e. The molecular formula is C10H17N6O11P3. The number of phosphoric acid groups is 3. The van der Waals surface area contributed by atoms with E-state index in [2.05, 4.69) is 28.1 Å². The molecule has 0 aliphatic carbocycles. The van der Waals surface area contributed by atoms with Gasteiger partial charge in [-0.3, -0.25) is 9.09 Å². The Morgan fingerprint density at radius 1 is 1.13 bits per heavy atom. The van der Waals surface area contributed by atoms with Crippen molar-refractivity contribution < 1.29 is 51.2 Å². The fourth-order valence-electron chi connectivity index (χ4n) is 2.64. The first-order valence-corrected chi connectivity index (χ1v) is 12.4. The highest BCUT2D eigenvalue weighted by Crippen LogP contribution is 2.66. The molecule has 8 N–H and O–H groups in total. The van der Waals surface area contributed by atoms with E-state index in [1.165, 1.54) is 17.2 Å². The first-order valence-electron chi connectivity index (χ1n) is 7.89. The summed E-state index contributed by atoms with van der Waals surface area (Å²) in [6.45, 7) is -0.662. The normalized spacial score (nSPS) is 26.5. The highest BCUT2D eigenvalue weighted by Gasteiger charge is 2.42. The molecule has 0 spiro atoms. The van der Waals surface area contributed by atoms with Crippen molar-refractivity contribution in [1.82, 2.24) is 19.5 Å². The third-order valence-corrected chi connectivity index (χ3v) is 7.60. The maximum Gasteiger partial charge on any atom is 0.490 e. The zero-order valence-electron chi connectivity index (χ0n) is 14.7. The molecule has 30 heavy (non-hydrogen) atoms. The van der Waals surface area contributed by atoms with Crippen molar-refractivity contribution in [2.24, 2.45) is 5.73 Å². The van der Waals surface area contributed by atoms with Gasteiger partial charge in [0.1, 0.15) is 18.1 Å². The fourth-order valence-corrected chi connectivity index (χ4v) is 5.67. The zero-order valence-corrected chi connectivity index (χ0v) is 17.4. The van der Waals surface area contributed by atoms with Gasteiger partial charge in [-0.2, -0.15) is 8.62 Å². The lowest BCUT2D eigenvalue weighted by Gasteiger charge is -2.19. The average molecular weight is 490 g/mol. The quantitative estimate of drug-likeness (QED) is 0.251. The van der Waals surface area contributed by atoms with Gasteiger partial charge in [-0.1, -0.05) is 0 Å². The molecule has 1 fully saturated rings. The van der Waals surface area contributed by atoms with Gasteiger partial charge >= 0.3 is 23.5 Å². The van der Waals surface area contributed by atoms with E-state index in [1.54, 1.807) is 0 Å². The summed E-state index contributed by atoms with van der Waals surface area (Å²) < 4.78 is 52.8. The van der Waals surface area contributed by atoms with Crippen LogP contribution in [-0.4, -0.2) is 57.8 Å². The maximum absolute atomic E-state index is 11.8. The number of hydrogen-bond acceptors (Lipinski definition) is 12. The Bertz CT molecular complexity index is 1070. The number of nitrogens with two attached hydrogens (primary N) is 2. The SMILES string of the molecule is Nc1ncnc2c1ncn2[C@H]1C[C@H](N)[C@@H](COP(=O)(O)OP(=O)(O)OP(=O)(O)O)O1. The fraction of sp³-hybridized carbons (Fsp3) is 0.500. The van der Waals surface area contributed by atoms with E-state index >= 15 is 0 Å². The monoisotopic (exact) mass is 490 g/mol. The van der Waals surface area contributed by atoms with E-state index in [9.17, 15) is 18.6 Å². The smallest absolute Gasteiger partial charge is 0.382 e. The molecule has 2 aromatic heterocycles. The molecule has 0 saturated carbocycles. The van der Waals surface area contributed by atoms with Gasteiger partial charge in [-0.15, -0.1) is 0 Å². The van der Waals surface area contributed by atoms with Crippen LogP contribution in [0, 0.1) is 0 Å². The minimum Gasteiger partial charge on any atom is -0.382 e. The molecule has 20 heteroatoms. The van der Waals surface area contributed by atoms with Crippen LogP contribution in [0.25, 0.3) is 11.2 Å². The summed E-state index contributed by atoms with van der Waals surface area (Å²) in [5.74, 6) is 0.158. The van der Waals surface area contributed by atoms with Crippen LogP contribution < -0.4 is 11.5 Å². The third kappa shape index (κ3) is 5.68. The third-order valence-electron chi connectivity index (χ3n) is 3.80. The van der Waals surface area contributed by atoms with Crippen LogP contribution in [-0.2, 0) is 31.6 Å². The molecule has 2 unspecified atom stereocenters. The lowest BCUT2D eigenvalue weighted by atomic mass is 10.1. The van der Waals surface area contributed by atoms with Gasteiger partial charge in [0.15, 0.2) is 11.5 Å². The number of imidazole rings is 1. The number of anilines is 1. The summed E-state index contributed by atoms with van der Waals surface area (Å²) in [4.78, 5) is 47.6. The number of rotatable bonds is 8. The van der Waals surface area contributed by atoms with Crippen LogP contribution in [0.15, 0.2) is 12.7 Å². The Balaban J connectivity index is 1.64. The molecule has 17 nitrogen and oxygen atoms in total. The molecule has 168 valence electrons. The van der Waals surface area contributed by atoms with Crippen LogP contribution in [0.2, 0.25) is 0 Å². The Labute approximate surface area is 167 Å².